The number of hydrogen-bond acceptors (Lipinski definition) is 3. The number of nitrogens with zero attached hydrogens (tertiary/aromatic N) is 2. The molecule has 70 heavy (non-hydrogen) atoms. The van der Waals surface area contributed by atoms with Gasteiger partial charge in [0.1, 0.15) is 0 Å². The van der Waals surface area contributed by atoms with Crippen molar-refractivity contribution in [2.45, 2.75) is 5.41 Å². The van der Waals surface area contributed by atoms with Crippen molar-refractivity contribution in [2.75, 3.05) is 9.80 Å². The van der Waals surface area contributed by atoms with Crippen LogP contribution in [0.1, 0.15) is 22.3 Å². The summed E-state index contributed by atoms with van der Waals surface area (Å²) in [4.78, 5) is 4.90. The molecular formula is C67H44N2S. The molecule has 12 aromatic rings. The molecule has 1 spiro atoms. The molecule has 0 saturated carbocycles. The first-order valence-electron chi connectivity index (χ1n) is 24.1. The molecule has 2 aliphatic rings. The fourth-order valence-electron chi connectivity index (χ4n) is 11.6. The summed E-state index contributed by atoms with van der Waals surface area (Å²) in [5, 5.41) is 2.60. The molecule has 1 heterocycles. The lowest BCUT2D eigenvalue weighted by molar-refractivity contribution is 0.793. The standard InChI is InChI=1S/C67H44N2S/c1-5-19-45(20-6-1)46-33-35-47(36-34-46)58-43-59-54-28-14-17-31-61(54)67(63(59)44-64(58)69(49-23-9-3-10-24-49)50-25-11-4-12-26-50)60-30-16-13-27-53(60)55-39-37-51(41-62(55)67)68(48-21-7-2-8-22-48)52-38-40-57-56-29-15-18-32-65(56)70-66(57)42-52/h1-44H. The quantitative estimate of drug-likeness (QED) is 0.150. The maximum absolute atomic E-state index is 2.54. The van der Waals surface area contributed by atoms with Crippen LogP contribution in [0.4, 0.5) is 34.1 Å². The molecule has 1 aromatic heterocycles. The Morgan fingerprint density at radius 3 is 1.40 bits per heavy atom. The summed E-state index contributed by atoms with van der Waals surface area (Å²) >= 11 is 1.86. The number of benzene rings is 11. The molecule has 1 atom stereocenters. The highest BCUT2D eigenvalue weighted by Crippen LogP contribution is 2.65. The number of hydrogen-bond donors (Lipinski definition) is 0. The molecule has 0 amide bonds. The van der Waals surface area contributed by atoms with Crippen LogP contribution in [0, 0.1) is 0 Å². The first kappa shape index (κ1) is 40.3. The van der Waals surface area contributed by atoms with E-state index in [-0.39, 0.29) is 0 Å². The van der Waals surface area contributed by atoms with Crippen molar-refractivity contribution in [3.05, 3.63) is 289 Å². The Morgan fingerprint density at radius 1 is 0.257 bits per heavy atom. The van der Waals surface area contributed by atoms with E-state index in [0.29, 0.717) is 0 Å². The van der Waals surface area contributed by atoms with Crippen LogP contribution in [0.5, 0.6) is 0 Å². The Bertz CT molecular complexity index is 3900. The third-order valence-electron chi connectivity index (χ3n) is 14.7. The van der Waals surface area contributed by atoms with Gasteiger partial charge in [-0.05, 0) is 140 Å². The van der Waals surface area contributed by atoms with E-state index in [2.05, 4.69) is 277 Å². The lowest BCUT2D eigenvalue weighted by atomic mass is 9.70. The van der Waals surface area contributed by atoms with Crippen molar-refractivity contribution in [1.82, 2.24) is 0 Å². The zero-order valence-electron chi connectivity index (χ0n) is 38.2. The molecule has 1 unspecified atom stereocenters. The minimum Gasteiger partial charge on any atom is -0.310 e. The summed E-state index contributed by atoms with van der Waals surface area (Å²) in [5.74, 6) is 0. The summed E-state index contributed by atoms with van der Waals surface area (Å²) in [5.41, 5.74) is 21.1. The van der Waals surface area contributed by atoms with Crippen molar-refractivity contribution in [3.8, 4) is 44.5 Å². The van der Waals surface area contributed by atoms with Crippen LogP contribution in [-0.2, 0) is 5.41 Å². The number of para-hydroxylation sites is 3. The van der Waals surface area contributed by atoms with Crippen molar-refractivity contribution < 1.29 is 0 Å². The fourth-order valence-corrected chi connectivity index (χ4v) is 12.8. The van der Waals surface area contributed by atoms with Crippen molar-refractivity contribution in [2.24, 2.45) is 0 Å². The molecule has 2 aliphatic carbocycles. The summed E-state index contributed by atoms with van der Waals surface area (Å²) in [7, 11) is 0. The van der Waals surface area contributed by atoms with E-state index in [9.17, 15) is 0 Å². The average Bonchev–Trinajstić information content (AvgIpc) is 4.05. The second-order valence-corrected chi connectivity index (χ2v) is 19.5. The van der Waals surface area contributed by atoms with Crippen molar-refractivity contribution >= 4 is 65.6 Å². The van der Waals surface area contributed by atoms with E-state index < -0.39 is 5.41 Å². The van der Waals surface area contributed by atoms with Gasteiger partial charge in [0, 0.05) is 54.2 Å². The minimum atomic E-state index is -0.616. The number of fused-ring (bicyclic) bond motifs is 13. The maximum atomic E-state index is 2.54. The molecule has 3 heteroatoms. The van der Waals surface area contributed by atoms with Crippen LogP contribution in [0.15, 0.2) is 267 Å². The van der Waals surface area contributed by atoms with Gasteiger partial charge in [0.05, 0.1) is 11.1 Å². The molecule has 0 fully saturated rings. The van der Waals surface area contributed by atoms with E-state index in [1.54, 1.807) is 0 Å². The molecule has 14 rings (SSSR count). The smallest absolute Gasteiger partial charge is 0.0727 e. The summed E-state index contributed by atoms with van der Waals surface area (Å²) < 4.78 is 2.59. The van der Waals surface area contributed by atoms with E-state index in [1.165, 1.54) is 81.4 Å². The van der Waals surface area contributed by atoms with E-state index in [4.69, 9.17) is 0 Å². The van der Waals surface area contributed by atoms with Gasteiger partial charge >= 0.3 is 0 Å². The summed E-state index contributed by atoms with van der Waals surface area (Å²) in [6.07, 6.45) is 0. The number of thiophene rings is 1. The first-order valence-corrected chi connectivity index (χ1v) is 24.9. The molecule has 328 valence electrons. The fraction of sp³-hybridized carbons (Fsp3) is 0.0149. The van der Waals surface area contributed by atoms with Crippen molar-refractivity contribution in [1.29, 1.82) is 0 Å². The monoisotopic (exact) mass is 908 g/mol. The first-order chi connectivity index (χ1) is 34.7. The van der Waals surface area contributed by atoms with E-state index in [1.807, 2.05) is 11.3 Å². The Labute approximate surface area is 412 Å². The van der Waals surface area contributed by atoms with Crippen LogP contribution in [-0.4, -0.2) is 0 Å². The topological polar surface area (TPSA) is 6.48 Å². The lowest BCUT2D eigenvalue weighted by Gasteiger charge is -2.34. The molecule has 0 bridgehead atoms. The Hall–Kier alpha value is -8.76. The predicted molar refractivity (Wildman–Crippen MR) is 296 cm³/mol. The van der Waals surface area contributed by atoms with Crippen LogP contribution < -0.4 is 9.80 Å². The molecule has 2 nitrogen and oxygen atoms in total. The Morgan fingerprint density at radius 2 is 0.729 bits per heavy atom. The van der Waals surface area contributed by atoms with Gasteiger partial charge in [-0.2, -0.15) is 0 Å². The summed E-state index contributed by atoms with van der Waals surface area (Å²) in [6.45, 7) is 0. The molecular weight excluding hydrogens is 865 g/mol. The number of rotatable bonds is 8. The Kier molecular flexibility index (Phi) is 9.33. The SMILES string of the molecule is c1ccc(-c2ccc(-c3cc4c(cc3N(c3ccccc3)c3ccccc3)C3(c5ccccc5-c5ccc(N(c6ccccc6)c6ccc7c(c6)sc6ccccc67)cc53)c3ccccc3-4)cc2)cc1. The van der Waals surface area contributed by atoms with Gasteiger partial charge in [-0.1, -0.05) is 188 Å². The molecule has 0 saturated heterocycles. The van der Waals surface area contributed by atoms with Gasteiger partial charge in [0.2, 0.25) is 0 Å². The zero-order valence-corrected chi connectivity index (χ0v) is 39.0. The maximum Gasteiger partial charge on any atom is 0.0727 e. The van der Waals surface area contributed by atoms with E-state index in [0.717, 1.165) is 39.7 Å². The van der Waals surface area contributed by atoms with Crippen LogP contribution in [0.2, 0.25) is 0 Å². The minimum absolute atomic E-state index is 0.616. The highest BCUT2D eigenvalue weighted by molar-refractivity contribution is 7.25. The third-order valence-corrected chi connectivity index (χ3v) is 15.8. The molecule has 0 aliphatic heterocycles. The van der Waals surface area contributed by atoms with Crippen LogP contribution in [0.25, 0.3) is 64.7 Å². The average molecular weight is 909 g/mol. The van der Waals surface area contributed by atoms with Crippen LogP contribution in [0.3, 0.4) is 0 Å². The zero-order chi connectivity index (χ0) is 46.2. The van der Waals surface area contributed by atoms with Crippen LogP contribution >= 0.6 is 11.3 Å². The second kappa shape index (κ2) is 16.2. The van der Waals surface area contributed by atoms with Crippen molar-refractivity contribution in [3.63, 3.8) is 0 Å². The van der Waals surface area contributed by atoms with Gasteiger partial charge in [-0.3, -0.25) is 0 Å². The van der Waals surface area contributed by atoms with Gasteiger partial charge in [-0.15, -0.1) is 11.3 Å². The normalized spacial score (nSPS) is 14.1. The summed E-state index contributed by atoms with van der Waals surface area (Å²) in [6, 6.07) is 98.7. The highest BCUT2D eigenvalue weighted by Gasteiger charge is 2.52. The van der Waals surface area contributed by atoms with E-state index >= 15 is 0 Å². The Balaban J connectivity index is 1.04. The molecule has 0 radical (unpaired) electrons. The van der Waals surface area contributed by atoms with Gasteiger partial charge < -0.3 is 9.80 Å². The largest absolute Gasteiger partial charge is 0.310 e. The molecule has 11 aromatic carbocycles. The molecule has 0 N–H and O–H groups in total. The van der Waals surface area contributed by atoms with Gasteiger partial charge in [0.15, 0.2) is 0 Å². The number of anilines is 6. The van der Waals surface area contributed by atoms with Gasteiger partial charge in [0.25, 0.3) is 0 Å². The highest BCUT2D eigenvalue weighted by atomic mass is 32.1. The lowest BCUT2D eigenvalue weighted by Crippen LogP contribution is -2.26. The van der Waals surface area contributed by atoms with Gasteiger partial charge in [-0.25, -0.2) is 0 Å². The second-order valence-electron chi connectivity index (χ2n) is 18.4. The third kappa shape index (κ3) is 6.19. The predicted octanol–water partition coefficient (Wildman–Crippen LogP) is 18.7.